The second-order valence-corrected chi connectivity index (χ2v) is 6.96. The molecule has 2 aromatic rings. The molecule has 30 heavy (non-hydrogen) atoms. The lowest BCUT2D eigenvalue weighted by Crippen LogP contribution is -2.31. The predicted molar refractivity (Wildman–Crippen MR) is 126 cm³/mol. The van der Waals surface area contributed by atoms with Gasteiger partial charge in [0.25, 0.3) is 0 Å². The van der Waals surface area contributed by atoms with E-state index in [-0.39, 0.29) is 0 Å². The Morgan fingerprint density at radius 3 is 2.53 bits per heavy atom. The minimum Gasteiger partial charge on any atom is -0.493 e. The number of hydrogen-bond acceptors (Lipinski definition) is 5. The van der Waals surface area contributed by atoms with Crippen LogP contribution in [0.2, 0.25) is 0 Å². The molecule has 0 spiro atoms. The Balaban J connectivity index is 1.82. The Hall–Kier alpha value is -3.06. The minimum atomic E-state index is 0.432. The third-order valence-electron chi connectivity index (χ3n) is 4.18. The molecule has 0 amide bonds. The third-order valence-corrected chi connectivity index (χ3v) is 4.41. The Kier molecular flexibility index (Phi) is 9.67. The van der Waals surface area contributed by atoms with Crippen LogP contribution < -0.4 is 25.0 Å². The van der Waals surface area contributed by atoms with Gasteiger partial charge in [0.2, 0.25) is 0 Å². The molecule has 0 saturated carbocycles. The quantitative estimate of drug-likeness (QED) is 0.185. The van der Waals surface area contributed by atoms with Crippen molar-refractivity contribution in [3.05, 3.63) is 65.7 Å². The molecule has 0 atom stereocenters. The van der Waals surface area contributed by atoms with Gasteiger partial charge in [-0.3, -0.25) is 5.43 Å². The fourth-order valence-corrected chi connectivity index (χ4v) is 2.83. The maximum absolute atomic E-state index is 5.91. The molecule has 0 aromatic heterocycles. The largest absolute Gasteiger partial charge is 0.493 e. The molecule has 0 aliphatic rings. The van der Waals surface area contributed by atoms with Crippen molar-refractivity contribution >= 4 is 23.5 Å². The van der Waals surface area contributed by atoms with Crippen LogP contribution in [0.25, 0.3) is 0 Å². The van der Waals surface area contributed by atoms with Crippen molar-refractivity contribution in [2.24, 2.45) is 5.10 Å². The van der Waals surface area contributed by atoms with Gasteiger partial charge in [-0.2, -0.15) is 5.10 Å². The summed E-state index contributed by atoms with van der Waals surface area (Å²) in [5.74, 6) is 2.27. The standard InChI is InChI=1S/C23H29N3O3S/c1-5-12-24-23(30)26-25-16-19-10-11-20(21(15-19)27-4)28-13-7-14-29-22-17(2)8-6-9-18(22)3/h5-6,8-11,15-16H,1,7,12-14H2,2-4H3,(H2,24,26,30)/b25-16+. The van der Waals surface area contributed by atoms with Crippen molar-refractivity contribution in [1.82, 2.24) is 10.7 Å². The number of methoxy groups -OCH3 is 1. The first-order valence-electron chi connectivity index (χ1n) is 9.72. The number of aryl methyl sites for hydroxylation is 2. The minimum absolute atomic E-state index is 0.432. The van der Waals surface area contributed by atoms with Crippen molar-refractivity contribution in [3.8, 4) is 17.2 Å². The average molecular weight is 428 g/mol. The second-order valence-electron chi connectivity index (χ2n) is 6.55. The molecular formula is C23H29N3O3S. The molecule has 160 valence electrons. The molecule has 2 N–H and O–H groups in total. The van der Waals surface area contributed by atoms with Crippen molar-refractivity contribution in [1.29, 1.82) is 0 Å². The summed E-state index contributed by atoms with van der Waals surface area (Å²) in [5.41, 5.74) is 5.88. The number of nitrogens with zero attached hydrogens (tertiary/aromatic N) is 1. The van der Waals surface area contributed by atoms with Gasteiger partial charge in [0.15, 0.2) is 16.6 Å². The van der Waals surface area contributed by atoms with E-state index < -0.39 is 0 Å². The number of nitrogens with one attached hydrogen (secondary N) is 2. The smallest absolute Gasteiger partial charge is 0.187 e. The highest BCUT2D eigenvalue weighted by molar-refractivity contribution is 7.80. The monoisotopic (exact) mass is 427 g/mol. The lowest BCUT2D eigenvalue weighted by atomic mass is 10.1. The number of ether oxygens (including phenoxy) is 3. The van der Waals surface area contributed by atoms with E-state index in [2.05, 4.69) is 48.4 Å². The Morgan fingerprint density at radius 1 is 1.10 bits per heavy atom. The number of rotatable bonds is 11. The van der Waals surface area contributed by atoms with E-state index in [0.717, 1.165) is 28.9 Å². The Morgan fingerprint density at radius 2 is 1.83 bits per heavy atom. The molecule has 2 rings (SSSR count). The number of thiocarbonyl (C=S) groups is 1. The van der Waals surface area contributed by atoms with Gasteiger partial charge in [-0.05, 0) is 61.0 Å². The number of benzene rings is 2. The number of hydrogen-bond donors (Lipinski definition) is 2. The van der Waals surface area contributed by atoms with Gasteiger partial charge in [-0.1, -0.05) is 24.3 Å². The van der Waals surface area contributed by atoms with E-state index in [0.29, 0.717) is 36.4 Å². The van der Waals surface area contributed by atoms with Crippen molar-refractivity contribution in [2.75, 3.05) is 26.9 Å². The van der Waals surface area contributed by atoms with Crippen LogP contribution >= 0.6 is 12.2 Å². The van der Waals surface area contributed by atoms with Crippen molar-refractivity contribution < 1.29 is 14.2 Å². The van der Waals surface area contributed by atoms with Crippen LogP contribution in [0.3, 0.4) is 0 Å². The van der Waals surface area contributed by atoms with Crippen LogP contribution in [0.15, 0.2) is 54.2 Å². The normalized spacial score (nSPS) is 10.5. The summed E-state index contributed by atoms with van der Waals surface area (Å²) < 4.78 is 17.2. The molecule has 0 aliphatic heterocycles. The van der Waals surface area contributed by atoms with E-state index >= 15 is 0 Å². The van der Waals surface area contributed by atoms with Gasteiger partial charge in [0.05, 0.1) is 26.5 Å². The summed E-state index contributed by atoms with van der Waals surface area (Å²) in [6.45, 7) is 9.42. The molecule has 0 fully saturated rings. The summed E-state index contributed by atoms with van der Waals surface area (Å²) in [7, 11) is 1.61. The number of para-hydroxylation sites is 1. The first-order valence-corrected chi connectivity index (χ1v) is 10.1. The van der Waals surface area contributed by atoms with Gasteiger partial charge in [-0.15, -0.1) is 6.58 Å². The topological polar surface area (TPSA) is 64.1 Å². The lowest BCUT2D eigenvalue weighted by Gasteiger charge is -2.13. The Bertz CT molecular complexity index is 864. The summed E-state index contributed by atoms with van der Waals surface area (Å²) in [5, 5.41) is 7.47. The van der Waals surface area contributed by atoms with Crippen LogP contribution in [-0.2, 0) is 0 Å². The fourth-order valence-electron chi connectivity index (χ4n) is 2.70. The molecule has 0 unspecified atom stereocenters. The zero-order chi connectivity index (χ0) is 21.8. The predicted octanol–water partition coefficient (Wildman–Crippen LogP) is 4.14. The zero-order valence-corrected chi connectivity index (χ0v) is 18.6. The first kappa shape index (κ1) is 23.2. The summed E-state index contributed by atoms with van der Waals surface area (Å²) >= 11 is 5.08. The molecule has 2 aromatic carbocycles. The molecule has 0 saturated heterocycles. The maximum atomic E-state index is 5.91. The number of hydrazone groups is 1. The molecule has 0 bridgehead atoms. The average Bonchev–Trinajstić information content (AvgIpc) is 2.74. The van der Waals surface area contributed by atoms with Gasteiger partial charge >= 0.3 is 0 Å². The lowest BCUT2D eigenvalue weighted by molar-refractivity contribution is 0.239. The van der Waals surface area contributed by atoms with Gasteiger partial charge in [-0.25, -0.2) is 0 Å². The van der Waals surface area contributed by atoms with Crippen LogP contribution in [0.4, 0.5) is 0 Å². The van der Waals surface area contributed by atoms with Crippen LogP contribution in [-0.4, -0.2) is 38.2 Å². The van der Waals surface area contributed by atoms with Crippen LogP contribution in [0.1, 0.15) is 23.1 Å². The highest BCUT2D eigenvalue weighted by Crippen LogP contribution is 2.28. The van der Waals surface area contributed by atoms with E-state index in [1.807, 2.05) is 24.3 Å². The summed E-state index contributed by atoms with van der Waals surface area (Å²) in [4.78, 5) is 0. The van der Waals surface area contributed by atoms with Gasteiger partial charge in [0.1, 0.15) is 5.75 Å². The first-order chi connectivity index (χ1) is 14.5. The van der Waals surface area contributed by atoms with Gasteiger partial charge in [0, 0.05) is 13.0 Å². The van der Waals surface area contributed by atoms with E-state index in [9.17, 15) is 0 Å². The Labute approximate surface area is 183 Å². The molecule has 0 heterocycles. The fraction of sp³-hybridized carbons (Fsp3) is 0.304. The molecule has 0 radical (unpaired) electrons. The van der Waals surface area contributed by atoms with E-state index in [1.165, 1.54) is 0 Å². The zero-order valence-electron chi connectivity index (χ0n) is 17.7. The molecule has 6 nitrogen and oxygen atoms in total. The molecule has 7 heteroatoms. The SMILES string of the molecule is C=CCNC(=S)N/N=C/c1ccc(OCCCOc2c(C)cccc2C)c(OC)c1. The maximum Gasteiger partial charge on any atom is 0.187 e. The molecule has 0 aliphatic carbocycles. The third kappa shape index (κ3) is 7.40. The second kappa shape index (κ2) is 12.5. The van der Waals surface area contributed by atoms with Crippen molar-refractivity contribution in [3.63, 3.8) is 0 Å². The molecular weight excluding hydrogens is 398 g/mol. The van der Waals surface area contributed by atoms with Crippen LogP contribution in [0.5, 0.6) is 17.2 Å². The van der Waals surface area contributed by atoms with E-state index in [4.69, 9.17) is 26.4 Å². The van der Waals surface area contributed by atoms with Gasteiger partial charge < -0.3 is 19.5 Å². The highest BCUT2D eigenvalue weighted by Gasteiger charge is 2.06. The summed E-state index contributed by atoms with van der Waals surface area (Å²) in [6, 6.07) is 11.8. The highest BCUT2D eigenvalue weighted by atomic mass is 32.1. The van der Waals surface area contributed by atoms with Crippen molar-refractivity contribution in [2.45, 2.75) is 20.3 Å². The summed E-state index contributed by atoms with van der Waals surface area (Å²) in [6.07, 6.45) is 4.14. The van der Waals surface area contributed by atoms with E-state index in [1.54, 1.807) is 19.4 Å². The van der Waals surface area contributed by atoms with Crippen LogP contribution in [0, 0.1) is 13.8 Å².